The summed E-state index contributed by atoms with van der Waals surface area (Å²) in [4.78, 5) is 35.4. The lowest BCUT2D eigenvalue weighted by Crippen LogP contribution is -2.43. The number of amides is 1. The fourth-order valence-corrected chi connectivity index (χ4v) is 7.29. The summed E-state index contributed by atoms with van der Waals surface area (Å²) < 4.78 is 37.8. The first kappa shape index (κ1) is 30.9. The molecular weight excluding hydrogens is 587 g/mol. The SMILES string of the molecule is [2H]C[C@@]12CN(OC)[C@@H]([C@H](n3cnc4c(NC(=O)c5ccccc5)ncnc43)O1)[C@@H]2OP(OCC[N+]#[C-])N(C(C)C)C(C)C.[3H]OC. The number of carbonyl (C=O) groups is 1. The van der Waals surface area contributed by atoms with Crippen molar-refractivity contribution in [2.45, 2.75) is 70.7 Å². The highest BCUT2D eigenvalue weighted by Crippen LogP contribution is 2.56. The highest BCUT2D eigenvalue weighted by molar-refractivity contribution is 7.44. The van der Waals surface area contributed by atoms with Gasteiger partial charge in [0.2, 0.25) is 7.98 Å². The molecule has 4 heterocycles. The molecule has 3 aromatic rings. The number of imidazole rings is 1. The highest BCUT2D eigenvalue weighted by Gasteiger charge is 2.64. The first-order valence-electron chi connectivity index (χ1n) is 15.3. The number of morpholine rings is 1. The summed E-state index contributed by atoms with van der Waals surface area (Å²) in [5.41, 5.74) is 0.315. The van der Waals surface area contributed by atoms with Crippen molar-refractivity contribution in [3.63, 3.8) is 0 Å². The molecule has 14 nitrogen and oxygen atoms in total. The molecule has 0 radical (unpaired) electrons. The summed E-state index contributed by atoms with van der Waals surface area (Å²) in [5.74, 6) is -0.0430. The number of carbonyl (C=O) groups excluding carboxylic acids is 1. The summed E-state index contributed by atoms with van der Waals surface area (Å²) in [6.45, 7) is 16.2. The van der Waals surface area contributed by atoms with Gasteiger partial charge in [0.05, 0.1) is 20.0 Å². The molecule has 5 rings (SSSR count). The maximum Gasteiger partial charge on any atom is 0.259 e. The Kier molecular flexibility index (Phi) is 10.4. The van der Waals surface area contributed by atoms with E-state index in [2.05, 4.69) is 62.6 Å². The van der Waals surface area contributed by atoms with Crippen molar-refractivity contribution < 1.29 is 29.9 Å². The largest absolute Gasteiger partial charge is 0.400 e. The third-order valence-electron chi connectivity index (χ3n) is 7.22. The van der Waals surface area contributed by atoms with Crippen LogP contribution in [0, 0.1) is 6.57 Å². The number of aliphatic hydroxyl groups excluding tert-OH is 1. The van der Waals surface area contributed by atoms with Gasteiger partial charge in [0.25, 0.3) is 14.4 Å². The van der Waals surface area contributed by atoms with Crippen molar-refractivity contribution in [3.8, 4) is 0 Å². The Morgan fingerprint density at radius 2 is 2.07 bits per heavy atom. The van der Waals surface area contributed by atoms with Crippen LogP contribution in [0.4, 0.5) is 5.82 Å². The fraction of sp³-hybridized carbons (Fsp3) is 0.552. The van der Waals surface area contributed by atoms with Gasteiger partial charge in [0.1, 0.15) is 30.7 Å². The van der Waals surface area contributed by atoms with Gasteiger partial charge in [-0.3, -0.25) is 9.36 Å². The van der Waals surface area contributed by atoms with Gasteiger partial charge in [-0.25, -0.2) is 26.2 Å². The molecule has 2 N–H and O–H groups in total. The van der Waals surface area contributed by atoms with Gasteiger partial charge < -0.3 is 33.9 Å². The van der Waals surface area contributed by atoms with Gasteiger partial charge in [0, 0.05) is 26.1 Å². The van der Waals surface area contributed by atoms with Crippen molar-refractivity contribution in [3.05, 3.63) is 60.0 Å². The van der Waals surface area contributed by atoms with Gasteiger partial charge in [-0.2, -0.15) is 5.06 Å². The Balaban J connectivity index is 0.00000154. The van der Waals surface area contributed by atoms with Crippen LogP contribution in [-0.4, -0.2) is 105 Å². The monoisotopic (exact) mass is 631 g/mol. The lowest BCUT2D eigenvalue weighted by molar-refractivity contribution is -0.230. The van der Waals surface area contributed by atoms with Crippen molar-refractivity contribution in [2.24, 2.45) is 0 Å². The predicted octanol–water partition coefficient (Wildman–Crippen LogP) is 3.89. The van der Waals surface area contributed by atoms with E-state index in [-0.39, 0.29) is 43.9 Å². The molecule has 44 heavy (non-hydrogen) atoms. The number of nitrogens with one attached hydrogen (secondary N) is 1. The number of ether oxygens (including phenoxy) is 1. The molecule has 2 aliphatic rings. The van der Waals surface area contributed by atoms with Crippen molar-refractivity contribution in [1.29, 1.82) is 1.43 Å². The number of hydroxylamine groups is 2. The normalized spacial score (nSPS) is 24.2. The molecule has 2 aromatic heterocycles. The van der Waals surface area contributed by atoms with Gasteiger partial charge in [0.15, 0.2) is 23.2 Å². The molecule has 15 heteroatoms. The number of anilines is 1. The smallest absolute Gasteiger partial charge is 0.259 e. The van der Waals surface area contributed by atoms with E-state index in [9.17, 15) is 4.79 Å². The minimum Gasteiger partial charge on any atom is -0.400 e. The summed E-state index contributed by atoms with van der Waals surface area (Å²) in [6.07, 6.45) is 1.69. The summed E-state index contributed by atoms with van der Waals surface area (Å²) >= 11 is 0. The van der Waals surface area contributed by atoms with Gasteiger partial charge in [-0.1, -0.05) is 18.2 Å². The summed E-state index contributed by atoms with van der Waals surface area (Å²) in [7, 11) is 1.27. The van der Waals surface area contributed by atoms with E-state index in [0.29, 0.717) is 23.3 Å². The molecule has 1 unspecified atom stereocenters. The maximum absolute atomic E-state index is 12.9. The molecule has 1 aromatic carbocycles. The van der Waals surface area contributed by atoms with E-state index in [1.165, 1.54) is 13.4 Å². The van der Waals surface area contributed by atoms with Crippen LogP contribution in [0.25, 0.3) is 16.0 Å². The number of aromatic nitrogens is 4. The molecular formula is C29H41N8O6P. The van der Waals surface area contributed by atoms with E-state index in [1.807, 2.05) is 6.07 Å². The number of fused-ring (bicyclic) bond motifs is 3. The third kappa shape index (κ3) is 6.75. The van der Waals surface area contributed by atoms with Crippen LogP contribution < -0.4 is 5.32 Å². The minimum atomic E-state index is -1.60. The molecule has 2 fully saturated rings. The average Bonchev–Trinajstić information content (AvgIpc) is 3.70. The van der Waals surface area contributed by atoms with Crippen LogP contribution in [0.3, 0.4) is 0 Å². The second-order valence-electron chi connectivity index (χ2n) is 10.7. The Labute approximate surface area is 261 Å². The van der Waals surface area contributed by atoms with Crippen LogP contribution >= 0.6 is 8.53 Å². The Morgan fingerprint density at radius 1 is 1.34 bits per heavy atom. The van der Waals surface area contributed by atoms with Gasteiger partial charge in [-0.15, -0.1) is 0 Å². The second-order valence-corrected chi connectivity index (χ2v) is 12.1. The Morgan fingerprint density at radius 3 is 2.70 bits per heavy atom. The lowest BCUT2D eigenvalue weighted by Gasteiger charge is -2.37. The van der Waals surface area contributed by atoms with Crippen LogP contribution in [0.5, 0.6) is 0 Å². The number of rotatable bonds is 12. The molecule has 0 spiro atoms. The Bertz CT molecular complexity index is 1470. The molecule has 0 aliphatic carbocycles. The second kappa shape index (κ2) is 14.8. The first-order valence-corrected chi connectivity index (χ1v) is 15.3. The van der Waals surface area contributed by atoms with E-state index in [0.717, 1.165) is 0 Å². The van der Waals surface area contributed by atoms with E-state index in [4.69, 9.17) is 28.0 Å². The number of hydrogen-bond donors (Lipinski definition) is 2. The van der Waals surface area contributed by atoms with E-state index in [1.54, 1.807) is 47.3 Å². The zero-order valence-corrected chi connectivity index (χ0v) is 26.7. The molecule has 2 bridgehead atoms. The third-order valence-corrected chi connectivity index (χ3v) is 9.33. The predicted molar refractivity (Wildman–Crippen MR) is 165 cm³/mol. The fourth-order valence-electron chi connectivity index (χ4n) is 5.48. The number of hydrogen-bond acceptors (Lipinski definition) is 11. The van der Waals surface area contributed by atoms with Crippen molar-refractivity contribution in [1.82, 2.24) is 29.3 Å². The quantitative estimate of drug-likeness (QED) is 0.171. The highest BCUT2D eigenvalue weighted by atomic mass is 31.2. The Hall–Kier alpha value is -3.12. The zero-order valence-electron chi connectivity index (χ0n) is 27.8. The standard InChI is InChI=1S/C28H37N8O5P.CH4O/c1-18(2)36(19(3)4)42(39-14-13-29-6)41-23-22-27(40-28(23,5)15-35(22)38-7)34-17-32-21-24(30-16-31-25(21)34)33-26(37)20-11-9-8-10-12-20;1-2/h8-12,16-19,22-23,27H,13-15H2,1-5,7H3,(H,30,31,33,37);2H,1H3/t22-,23+,27-,28+,42?;/m1./s1/i5D;2T. The van der Waals surface area contributed by atoms with E-state index < -0.39 is 32.5 Å². The molecule has 238 valence electrons. The average molecular weight is 632 g/mol. The maximum atomic E-state index is 12.9. The van der Waals surface area contributed by atoms with E-state index >= 15 is 0 Å². The number of aliphatic hydroxyl groups is 1. The summed E-state index contributed by atoms with van der Waals surface area (Å²) in [5, 5.41) is 8.11. The topological polar surface area (TPSA) is 141 Å². The van der Waals surface area contributed by atoms with Gasteiger partial charge in [-0.05, 0) is 46.7 Å². The number of benzene rings is 1. The van der Waals surface area contributed by atoms with Crippen LogP contribution in [0.15, 0.2) is 43.0 Å². The first-order chi connectivity index (χ1) is 22.2. The molecule has 2 aliphatic heterocycles. The minimum absolute atomic E-state index is 0.0842. The zero-order chi connectivity index (χ0) is 33.4. The molecule has 0 saturated carbocycles. The molecule has 1 amide bonds. The van der Waals surface area contributed by atoms with Crippen molar-refractivity contribution >= 4 is 31.4 Å². The van der Waals surface area contributed by atoms with Crippen LogP contribution in [-0.2, 0) is 18.6 Å². The molecule has 2 saturated heterocycles. The van der Waals surface area contributed by atoms with Gasteiger partial charge >= 0.3 is 0 Å². The van der Waals surface area contributed by atoms with Crippen molar-refractivity contribution in [2.75, 3.05) is 39.2 Å². The number of nitrogens with zero attached hydrogens (tertiary/aromatic N) is 7. The summed E-state index contributed by atoms with van der Waals surface area (Å²) in [6, 6.07) is 8.60. The van der Waals surface area contributed by atoms with Crippen LogP contribution in [0.2, 0.25) is 0 Å². The lowest BCUT2D eigenvalue weighted by atomic mass is 10.0. The van der Waals surface area contributed by atoms with Crippen LogP contribution in [0.1, 0.15) is 52.6 Å². The molecule has 5 atom stereocenters.